The molecule has 0 aliphatic carbocycles. The lowest BCUT2D eigenvalue weighted by molar-refractivity contribution is -0.155. The molecule has 0 N–H and O–H groups in total. The van der Waals surface area contributed by atoms with Crippen molar-refractivity contribution in [1.82, 2.24) is 9.78 Å². The van der Waals surface area contributed by atoms with E-state index in [0.717, 1.165) is 11.1 Å². The van der Waals surface area contributed by atoms with Crippen LogP contribution >= 0.6 is 0 Å². The molecule has 2 aromatic rings. The fraction of sp³-hybridized carbons (Fsp3) is 0.375. The fourth-order valence-corrected chi connectivity index (χ4v) is 1.86. The number of rotatable bonds is 4. The molecule has 0 spiro atoms. The van der Waals surface area contributed by atoms with E-state index in [4.69, 9.17) is 4.74 Å². The van der Waals surface area contributed by atoms with E-state index >= 15 is 0 Å². The molecule has 20 heavy (non-hydrogen) atoms. The molecule has 0 saturated carbocycles. The Labute approximate surface area is 119 Å². The smallest absolute Gasteiger partial charge is 0.308 e. The van der Waals surface area contributed by atoms with Crippen molar-refractivity contribution in [1.29, 1.82) is 0 Å². The van der Waals surface area contributed by atoms with Crippen molar-refractivity contribution >= 4 is 5.97 Å². The first-order valence-corrected chi connectivity index (χ1v) is 6.74. The Kier molecular flexibility index (Phi) is 4.23. The van der Waals surface area contributed by atoms with E-state index in [1.54, 1.807) is 4.68 Å². The zero-order chi connectivity index (χ0) is 14.6. The second-order valence-corrected chi connectivity index (χ2v) is 5.69. The molecule has 0 aliphatic heterocycles. The minimum absolute atomic E-state index is 0.200. The molecule has 0 radical (unpaired) electrons. The highest BCUT2D eigenvalue weighted by molar-refractivity contribution is 5.69. The second-order valence-electron chi connectivity index (χ2n) is 5.69. The van der Waals surface area contributed by atoms with Crippen LogP contribution in [0.1, 0.15) is 27.2 Å². The minimum atomic E-state index is -0.434. The SMILES string of the molecule is CC(C)(C)OC(=O)CCn1cc(-c2ccccc2)cn1. The minimum Gasteiger partial charge on any atom is -0.460 e. The Bertz CT molecular complexity index is 568. The average molecular weight is 272 g/mol. The summed E-state index contributed by atoms with van der Waals surface area (Å²) in [7, 11) is 0. The van der Waals surface area contributed by atoms with Gasteiger partial charge in [-0.2, -0.15) is 5.10 Å². The maximum Gasteiger partial charge on any atom is 0.308 e. The molecular formula is C16H20N2O2. The second kappa shape index (κ2) is 5.90. The van der Waals surface area contributed by atoms with Gasteiger partial charge in [-0.15, -0.1) is 0 Å². The molecule has 0 aliphatic rings. The molecule has 1 aromatic heterocycles. The van der Waals surface area contributed by atoms with E-state index in [2.05, 4.69) is 5.10 Å². The van der Waals surface area contributed by atoms with Gasteiger partial charge in [0.05, 0.1) is 19.2 Å². The standard InChI is InChI=1S/C16H20N2O2/c1-16(2,3)20-15(19)9-10-18-12-14(11-17-18)13-7-5-4-6-8-13/h4-8,11-12H,9-10H2,1-3H3. The van der Waals surface area contributed by atoms with Crippen LogP contribution in [0, 0.1) is 0 Å². The van der Waals surface area contributed by atoms with Gasteiger partial charge < -0.3 is 4.74 Å². The normalized spacial score (nSPS) is 11.3. The Hall–Kier alpha value is -2.10. The molecule has 0 bridgehead atoms. The maximum absolute atomic E-state index is 11.6. The third kappa shape index (κ3) is 4.23. The van der Waals surface area contributed by atoms with Gasteiger partial charge in [0, 0.05) is 11.8 Å². The quantitative estimate of drug-likeness (QED) is 0.802. The van der Waals surface area contributed by atoms with Crippen molar-refractivity contribution in [3.8, 4) is 11.1 Å². The Balaban J connectivity index is 1.92. The summed E-state index contributed by atoms with van der Waals surface area (Å²) in [5.41, 5.74) is 1.74. The van der Waals surface area contributed by atoms with Crippen molar-refractivity contribution in [2.45, 2.75) is 39.3 Å². The van der Waals surface area contributed by atoms with Gasteiger partial charge in [0.2, 0.25) is 0 Å². The lowest BCUT2D eigenvalue weighted by atomic mass is 10.1. The zero-order valence-electron chi connectivity index (χ0n) is 12.2. The van der Waals surface area contributed by atoms with Gasteiger partial charge in [-0.05, 0) is 26.3 Å². The number of carbonyl (C=O) groups excluding carboxylic acids is 1. The number of aromatic nitrogens is 2. The van der Waals surface area contributed by atoms with Gasteiger partial charge in [0.25, 0.3) is 0 Å². The summed E-state index contributed by atoms with van der Waals surface area (Å²) in [6.07, 6.45) is 4.08. The molecule has 2 rings (SSSR count). The summed E-state index contributed by atoms with van der Waals surface area (Å²) in [4.78, 5) is 11.6. The van der Waals surface area contributed by atoms with Crippen molar-refractivity contribution in [2.75, 3.05) is 0 Å². The van der Waals surface area contributed by atoms with E-state index < -0.39 is 5.60 Å². The molecule has 0 unspecified atom stereocenters. The van der Waals surface area contributed by atoms with Crippen molar-refractivity contribution in [3.05, 3.63) is 42.7 Å². The van der Waals surface area contributed by atoms with Crippen LogP contribution < -0.4 is 0 Å². The predicted molar refractivity (Wildman–Crippen MR) is 78.1 cm³/mol. The van der Waals surface area contributed by atoms with Crippen LogP contribution in [0.2, 0.25) is 0 Å². The summed E-state index contributed by atoms with van der Waals surface area (Å²) in [6.45, 7) is 6.13. The van der Waals surface area contributed by atoms with Crippen molar-refractivity contribution in [2.24, 2.45) is 0 Å². The number of aryl methyl sites for hydroxylation is 1. The van der Waals surface area contributed by atoms with Crippen LogP contribution in [0.3, 0.4) is 0 Å². The topological polar surface area (TPSA) is 44.1 Å². The molecular weight excluding hydrogens is 252 g/mol. The third-order valence-corrected chi connectivity index (χ3v) is 2.71. The third-order valence-electron chi connectivity index (χ3n) is 2.71. The number of carbonyl (C=O) groups is 1. The van der Waals surface area contributed by atoms with Crippen LogP contribution in [0.15, 0.2) is 42.7 Å². The zero-order valence-corrected chi connectivity index (χ0v) is 12.2. The molecule has 0 fully saturated rings. The monoisotopic (exact) mass is 272 g/mol. The first-order valence-electron chi connectivity index (χ1n) is 6.74. The molecule has 4 heteroatoms. The van der Waals surface area contributed by atoms with Crippen LogP contribution in [0.5, 0.6) is 0 Å². The number of hydrogen-bond donors (Lipinski definition) is 0. The lowest BCUT2D eigenvalue weighted by Gasteiger charge is -2.19. The molecule has 106 valence electrons. The summed E-state index contributed by atoms with van der Waals surface area (Å²) in [6, 6.07) is 10.0. The van der Waals surface area contributed by atoms with E-state index in [1.165, 1.54) is 0 Å². The summed E-state index contributed by atoms with van der Waals surface area (Å²) in [5.74, 6) is -0.200. The molecule has 4 nitrogen and oxygen atoms in total. The van der Waals surface area contributed by atoms with Crippen LogP contribution in [-0.2, 0) is 16.1 Å². The van der Waals surface area contributed by atoms with Crippen LogP contribution in [0.25, 0.3) is 11.1 Å². The van der Waals surface area contributed by atoms with Gasteiger partial charge in [0.1, 0.15) is 5.60 Å². The molecule has 0 atom stereocenters. The van der Waals surface area contributed by atoms with E-state index in [-0.39, 0.29) is 5.97 Å². The van der Waals surface area contributed by atoms with E-state index in [1.807, 2.05) is 63.5 Å². The van der Waals surface area contributed by atoms with Gasteiger partial charge in [-0.1, -0.05) is 30.3 Å². The highest BCUT2D eigenvalue weighted by Gasteiger charge is 2.16. The molecule has 0 saturated heterocycles. The highest BCUT2D eigenvalue weighted by atomic mass is 16.6. The molecule has 1 aromatic carbocycles. The fourth-order valence-electron chi connectivity index (χ4n) is 1.86. The predicted octanol–water partition coefficient (Wildman–Crippen LogP) is 3.28. The Morgan fingerprint density at radius 1 is 1.20 bits per heavy atom. The Morgan fingerprint density at radius 3 is 2.55 bits per heavy atom. The van der Waals surface area contributed by atoms with Crippen molar-refractivity contribution in [3.63, 3.8) is 0 Å². The van der Waals surface area contributed by atoms with E-state index in [0.29, 0.717) is 13.0 Å². The van der Waals surface area contributed by atoms with Crippen LogP contribution in [-0.4, -0.2) is 21.4 Å². The van der Waals surface area contributed by atoms with Gasteiger partial charge in [0.15, 0.2) is 0 Å². The molecule has 1 heterocycles. The van der Waals surface area contributed by atoms with Crippen molar-refractivity contribution < 1.29 is 9.53 Å². The van der Waals surface area contributed by atoms with E-state index in [9.17, 15) is 4.79 Å². The molecule has 0 amide bonds. The number of benzene rings is 1. The lowest BCUT2D eigenvalue weighted by Crippen LogP contribution is -2.24. The van der Waals surface area contributed by atoms with Gasteiger partial charge >= 0.3 is 5.97 Å². The van der Waals surface area contributed by atoms with Crippen LogP contribution in [0.4, 0.5) is 0 Å². The average Bonchev–Trinajstić information content (AvgIpc) is 2.84. The summed E-state index contributed by atoms with van der Waals surface area (Å²) >= 11 is 0. The summed E-state index contributed by atoms with van der Waals surface area (Å²) < 4.78 is 7.04. The number of esters is 1. The number of ether oxygens (including phenoxy) is 1. The van der Waals surface area contributed by atoms with Gasteiger partial charge in [-0.3, -0.25) is 9.48 Å². The number of nitrogens with zero attached hydrogens (tertiary/aromatic N) is 2. The Morgan fingerprint density at radius 2 is 1.90 bits per heavy atom. The first kappa shape index (κ1) is 14.3. The summed E-state index contributed by atoms with van der Waals surface area (Å²) in [5, 5.41) is 4.27. The highest BCUT2D eigenvalue weighted by Crippen LogP contribution is 2.17. The number of hydrogen-bond acceptors (Lipinski definition) is 3. The largest absolute Gasteiger partial charge is 0.460 e. The maximum atomic E-state index is 11.6. The first-order chi connectivity index (χ1) is 9.44. The van der Waals surface area contributed by atoms with Gasteiger partial charge in [-0.25, -0.2) is 0 Å².